The van der Waals surface area contributed by atoms with Crippen molar-refractivity contribution in [3.8, 4) is 11.1 Å². The molecule has 0 spiro atoms. The monoisotopic (exact) mass is 294 g/mol. The second-order valence-electron chi connectivity index (χ2n) is 3.71. The highest BCUT2D eigenvalue weighted by atomic mass is 79.9. The van der Waals surface area contributed by atoms with E-state index in [1.807, 2.05) is 12.1 Å². The van der Waals surface area contributed by atoms with Crippen molar-refractivity contribution in [3.05, 3.63) is 45.1 Å². The minimum atomic E-state index is 0.199. The maximum absolute atomic E-state index is 11.0. The Morgan fingerprint density at radius 3 is 2.44 bits per heavy atom. The lowest BCUT2D eigenvalue weighted by Crippen LogP contribution is -1.95. The summed E-state index contributed by atoms with van der Waals surface area (Å²) in [4.78, 5) is 11.0. The van der Waals surface area contributed by atoms with Gasteiger partial charge >= 0.3 is 0 Å². The Kier molecular flexibility index (Phi) is 3.56. The summed E-state index contributed by atoms with van der Waals surface area (Å²) in [5, 5.41) is 4.18. The van der Waals surface area contributed by atoms with E-state index in [-0.39, 0.29) is 5.78 Å². The highest BCUT2D eigenvalue weighted by Crippen LogP contribution is 2.31. The van der Waals surface area contributed by atoms with Gasteiger partial charge in [-0.15, -0.1) is 0 Å². The van der Waals surface area contributed by atoms with E-state index >= 15 is 0 Å². The van der Waals surface area contributed by atoms with Crippen molar-refractivity contribution >= 4 is 33.0 Å². The van der Waals surface area contributed by atoms with Gasteiger partial charge in [-0.05, 0) is 39.4 Å². The smallest absolute Gasteiger partial charge is 0.134 e. The van der Waals surface area contributed by atoms with E-state index in [1.54, 1.807) is 18.3 Å². The molecule has 2 aromatic rings. The Morgan fingerprint density at radius 1 is 1.25 bits per heavy atom. The van der Waals surface area contributed by atoms with Gasteiger partial charge in [0, 0.05) is 21.8 Å². The number of halogens is 1. The maximum Gasteiger partial charge on any atom is 0.134 e. The fourth-order valence-electron chi connectivity index (χ4n) is 1.58. The summed E-state index contributed by atoms with van der Waals surface area (Å²) in [6, 6.07) is 8.15. The minimum absolute atomic E-state index is 0.199. The predicted octanol–water partition coefficient (Wildman–Crippen LogP) is 4.31. The molecule has 0 aliphatic rings. The Hall–Kier alpha value is -0.930. The van der Waals surface area contributed by atoms with Crippen LogP contribution in [0.3, 0.4) is 0 Å². The van der Waals surface area contributed by atoms with Crippen LogP contribution in [0, 0.1) is 0 Å². The molecule has 16 heavy (non-hydrogen) atoms. The number of rotatable bonds is 3. The number of hydrogen-bond donors (Lipinski definition) is 0. The largest absolute Gasteiger partial charge is 0.300 e. The normalized spacial score (nSPS) is 10.4. The molecule has 3 heteroatoms. The van der Waals surface area contributed by atoms with Gasteiger partial charge in [0.2, 0.25) is 0 Å². The topological polar surface area (TPSA) is 17.1 Å². The molecule has 0 bridgehead atoms. The van der Waals surface area contributed by atoms with Gasteiger partial charge in [0.25, 0.3) is 0 Å². The summed E-state index contributed by atoms with van der Waals surface area (Å²) in [6.07, 6.45) is 0.519. The molecule has 0 radical (unpaired) electrons. The molecule has 0 saturated heterocycles. The van der Waals surface area contributed by atoms with Crippen molar-refractivity contribution in [3.63, 3.8) is 0 Å². The van der Waals surface area contributed by atoms with Gasteiger partial charge in [0.15, 0.2) is 0 Å². The lowest BCUT2D eigenvalue weighted by Gasteiger charge is -2.02. The first kappa shape index (κ1) is 11.6. The third-order valence-corrected chi connectivity index (χ3v) is 4.04. The average molecular weight is 295 g/mol. The van der Waals surface area contributed by atoms with Crippen molar-refractivity contribution < 1.29 is 4.79 Å². The number of carbonyl (C=O) groups is 1. The number of thiophene rings is 1. The summed E-state index contributed by atoms with van der Waals surface area (Å²) in [7, 11) is 0. The first-order valence-electron chi connectivity index (χ1n) is 4.97. The van der Waals surface area contributed by atoms with E-state index < -0.39 is 0 Å². The Labute approximate surface area is 107 Å². The van der Waals surface area contributed by atoms with E-state index in [4.69, 9.17) is 0 Å². The molecule has 0 amide bonds. The summed E-state index contributed by atoms with van der Waals surface area (Å²) in [5.74, 6) is 0.199. The molecule has 0 fully saturated rings. The first-order chi connectivity index (χ1) is 7.66. The number of hydrogen-bond acceptors (Lipinski definition) is 2. The van der Waals surface area contributed by atoms with Crippen LogP contribution < -0.4 is 0 Å². The molecule has 2 rings (SSSR count). The molecule has 0 aliphatic heterocycles. The van der Waals surface area contributed by atoms with Crippen LogP contribution >= 0.6 is 27.3 Å². The van der Waals surface area contributed by atoms with E-state index in [1.165, 1.54) is 11.1 Å². The van der Waals surface area contributed by atoms with Crippen molar-refractivity contribution in [1.82, 2.24) is 0 Å². The van der Waals surface area contributed by atoms with Crippen molar-refractivity contribution in [2.75, 3.05) is 0 Å². The average Bonchev–Trinajstić information content (AvgIpc) is 2.65. The maximum atomic E-state index is 11.0. The molecule has 0 saturated carbocycles. The summed E-state index contributed by atoms with van der Waals surface area (Å²) < 4.78 is 1.12. The molecule has 1 heterocycles. The number of Topliss-reactive ketones (excluding diaryl/α,β-unsaturated/α-hetero) is 1. The molecule has 1 aromatic carbocycles. The highest BCUT2D eigenvalue weighted by molar-refractivity contribution is 9.10. The molecule has 1 aromatic heterocycles. The van der Waals surface area contributed by atoms with Gasteiger partial charge in [-0.2, -0.15) is 11.3 Å². The summed E-state index contributed by atoms with van der Waals surface area (Å²) >= 11 is 5.19. The van der Waals surface area contributed by atoms with Gasteiger partial charge in [0.1, 0.15) is 5.78 Å². The van der Waals surface area contributed by atoms with Gasteiger partial charge in [-0.1, -0.05) is 24.3 Å². The predicted molar refractivity (Wildman–Crippen MR) is 71.8 cm³/mol. The zero-order valence-corrected chi connectivity index (χ0v) is 11.3. The number of carbonyl (C=O) groups excluding carboxylic acids is 1. The van der Waals surface area contributed by atoms with Crippen LogP contribution in [0.5, 0.6) is 0 Å². The van der Waals surface area contributed by atoms with Crippen molar-refractivity contribution in [1.29, 1.82) is 0 Å². The quantitative estimate of drug-likeness (QED) is 0.824. The van der Waals surface area contributed by atoms with Crippen LogP contribution in [-0.4, -0.2) is 5.78 Å². The zero-order valence-electron chi connectivity index (χ0n) is 8.87. The Morgan fingerprint density at radius 2 is 1.94 bits per heavy atom. The standard InChI is InChI=1S/C13H11BrOS/c1-9(15)6-10-2-4-11(5-3-10)12-7-16-8-13(12)14/h2-5,7-8H,6H2,1H3. The third-order valence-electron chi connectivity index (χ3n) is 2.33. The van der Waals surface area contributed by atoms with Crippen LogP contribution in [0.15, 0.2) is 39.5 Å². The number of ketones is 1. The lowest BCUT2D eigenvalue weighted by molar-refractivity contribution is -0.116. The molecule has 0 N–H and O–H groups in total. The molecule has 82 valence electrons. The summed E-state index contributed by atoms with van der Waals surface area (Å²) in [5.41, 5.74) is 3.46. The van der Waals surface area contributed by atoms with Crippen LogP contribution in [0.4, 0.5) is 0 Å². The van der Waals surface area contributed by atoms with E-state index in [2.05, 4.69) is 38.8 Å². The fraction of sp³-hybridized carbons (Fsp3) is 0.154. The lowest BCUT2D eigenvalue weighted by atomic mass is 10.0. The van der Waals surface area contributed by atoms with Crippen molar-refractivity contribution in [2.45, 2.75) is 13.3 Å². The SMILES string of the molecule is CC(=O)Cc1ccc(-c2cscc2Br)cc1. The molecule has 0 atom stereocenters. The second kappa shape index (κ2) is 4.93. The highest BCUT2D eigenvalue weighted by Gasteiger charge is 2.04. The van der Waals surface area contributed by atoms with Crippen LogP contribution in [-0.2, 0) is 11.2 Å². The molecular weight excluding hydrogens is 284 g/mol. The first-order valence-corrected chi connectivity index (χ1v) is 6.71. The third kappa shape index (κ3) is 2.60. The minimum Gasteiger partial charge on any atom is -0.300 e. The molecule has 0 unspecified atom stereocenters. The molecular formula is C13H11BrOS. The number of benzene rings is 1. The van der Waals surface area contributed by atoms with Gasteiger partial charge in [-0.25, -0.2) is 0 Å². The Bertz CT molecular complexity index is 499. The van der Waals surface area contributed by atoms with Gasteiger partial charge in [0.05, 0.1) is 0 Å². The van der Waals surface area contributed by atoms with Gasteiger partial charge < -0.3 is 0 Å². The van der Waals surface area contributed by atoms with Gasteiger partial charge in [-0.3, -0.25) is 4.79 Å². The zero-order chi connectivity index (χ0) is 11.5. The van der Waals surface area contributed by atoms with Crippen LogP contribution in [0.25, 0.3) is 11.1 Å². The van der Waals surface area contributed by atoms with Crippen LogP contribution in [0.2, 0.25) is 0 Å². The van der Waals surface area contributed by atoms with E-state index in [0.717, 1.165) is 10.0 Å². The Balaban J connectivity index is 2.26. The molecule has 1 nitrogen and oxygen atoms in total. The van der Waals surface area contributed by atoms with E-state index in [9.17, 15) is 4.79 Å². The van der Waals surface area contributed by atoms with Crippen LogP contribution in [0.1, 0.15) is 12.5 Å². The fourth-order valence-corrected chi connectivity index (χ4v) is 3.11. The summed E-state index contributed by atoms with van der Waals surface area (Å²) in [6.45, 7) is 1.61. The molecule has 0 aliphatic carbocycles. The van der Waals surface area contributed by atoms with E-state index in [0.29, 0.717) is 6.42 Å². The van der Waals surface area contributed by atoms with Crippen molar-refractivity contribution in [2.24, 2.45) is 0 Å². The second-order valence-corrected chi connectivity index (χ2v) is 5.31.